The second kappa shape index (κ2) is 14.2. The van der Waals surface area contributed by atoms with Gasteiger partial charge in [-0.3, -0.25) is 0 Å². The molecule has 0 radical (unpaired) electrons. The smallest absolute Gasteiger partial charge is 0.367 e. The summed E-state index contributed by atoms with van der Waals surface area (Å²) >= 11 is 6.51. The van der Waals surface area contributed by atoms with Crippen molar-refractivity contribution in [2.75, 3.05) is 33.2 Å². The molecular formula is C30H33ClN6O4. The molecule has 0 saturated carbocycles. The molecule has 2 amide bonds. The van der Waals surface area contributed by atoms with Crippen LogP contribution in [-0.2, 0) is 0 Å². The van der Waals surface area contributed by atoms with Crippen LogP contribution in [0.4, 0.5) is 10.6 Å². The summed E-state index contributed by atoms with van der Waals surface area (Å²) in [7, 11) is 6.88. The molecule has 41 heavy (non-hydrogen) atoms. The highest BCUT2D eigenvalue weighted by atomic mass is 35.5. The van der Waals surface area contributed by atoms with Gasteiger partial charge in [0.2, 0.25) is 5.88 Å². The first-order valence-corrected chi connectivity index (χ1v) is 13.1. The largest absolute Gasteiger partial charge is 0.493 e. The lowest BCUT2D eigenvalue weighted by molar-refractivity contribution is 0.257. The zero-order valence-corrected chi connectivity index (χ0v) is 24.8. The maximum Gasteiger partial charge on any atom is 0.367 e. The summed E-state index contributed by atoms with van der Waals surface area (Å²) in [4.78, 5) is 35.8. The normalized spacial score (nSPS) is 12.9. The number of aromatic nitrogens is 3. The summed E-state index contributed by atoms with van der Waals surface area (Å²) in [5.41, 5.74) is 1.46. The highest BCUT2D eigenvalue weighted by molar-refractivity contribution is 6.44. The van der Waals surface area contributed by atoms with E-state index in [1.54, 1.807) is 25.3 Å². The third kappa shape index (κ3) is 7.98. The number of halogens is 1. The van der Waals surface area contributed by atoms with E-state index in [1.165, 1.54) is 19.5 Å². The van der Waals surface area contributed by atoms with Crippen LogP contribution in [0.5, 0.6) is 17.4 Å². The van der Waals surface area contributed by atoms with Gasteiger partial charge in [0, 0.05) is 37.2 Å². The number of rotatable bonds is 10. The molecule has 0 spiro atoms. The Hall–Kier alpha value is -4.57. The Morgan fingerprint density at radius 2 is 1.78 bits per heavy atom. The quantitative estimate of drug-likeness (QED) is 0.192. The molecule has 10 nitrogen and oxygen atoms in total. The van der Waals surface area contributed by atoms with Crippen LogP contribution in [0.25, 0.3) is 23.6 Å². The van der Waals surface area contributed by atoms with Crippen LogP contribution in [0.1, 0.15) is 26.7 Å². The van der Waals surface area contributed by atoms with Gasteiger partial charge in [-0.1, -0.05) is 38.6 Å². The molecule has 0 saturated heterocycles. The summed E-state index contributed by atoms with van der Waals surface area (Å²) < 4.78 is 16.6. The number of methoxy groups -OCH3 is 2. The fourth-order valence-corrected chi connectivity index (χ4v) is 3.96. The lowest BCUT2D eigenvalue weighted by Gasteiger charge is -2.11. The summed E-state index contributed by atoms with van der Waals surface area (Å²) in [5, 5.41) is 2.12. The van der Waals surface area contributed by atoms with Crippen molar-refractivity contribution in [3.63, 3.8) is 0 Å². The van der Waals surface area contributed by atoms with Crippen molar-refractivity contribution in [2.24, 2.45) is 9.98 Å². The summed E-state index contributed by atoms with van der Waals surface area (Å²) in [6.45, 7) is 11.6. The molecule has 0 aliphatic heterocycles. The fourth-order valence-electron chi connectivity index (χ4n) is 3.66. The number of pyridine rings is 1. The fraction of sp³-hybridized carbons (Fsp3) is 0.267. The molecule has 3 aromatic rings. The lowest BCUT2D eigenvalue weighted by Crippen LogP contribution is -2.29. The van der Waals surface area contributed by atoms with Crippen molar-refractivity contribution in [2.45, 2.75) is 26.7 Å². The van der Waals surface area contributed by atoms with Crippen molar-refractivity contribution in [3.8, 4) is 17.4 Å². The van der Waals surface area contributed by atoms with Crippen LogP contribution in [-0.4, -0.2) is 60.7 Å². The van der Waals surface area contributed by atoms with Crippen LogP contribution < -0.4 is 29.7 Å². The monoisotopic (exact) mass is 576 g/mol. The molecule has 0 aliphatic carbocycles. The molecule has 0 bridgehead atoms. The number of benzene rings is 1. The predicted octanol–water partition coefficient (Wildman–Crippen LogP) is 4.84. The number of amides is 2. The number of aliphatic imine (C=N–C) groups is 2. The van der Waals surface area contributed by atoms with E-state index >= 15 is 0 Å². The van der Waals surface area contributed by atoms with Gasteiger partial charge < -0.3 is 19.1 Å². The first-order valence-electron chi connectivity index (χ1n) is 12.7. The maximum atomic E-state index is 12.7. The van der Waals surface area contributed by atoms with E-state index in [2.05, 4.69) is 38.1 Å². The second-order valence-electron chi connectivity index (χ2n) is 8.86. The van der Waals surface area contributed by atoms with Crippen LogP contribution in [0.3, 0.4) is 0 Å². The second-order valence-corrected chi connectivity index (χ2v) is 9.27. The Morgan fingerprint density at radius 3 is 2.39 bits per heavy atom. The molecule has 0 atom stereocenters. The zero-order valence-electron chi connectivity index (χ0n) is 24.1. The Bertz CT molecular complexity index is 1660. The van der Waals surface area contributed by atoms with E-state index in [-0.39, 0.29) is 16.7 Å². The molecule has 0 fully saturated rings. The molecule has 3 rings (SSSR count). The number of ether oxygens (including phenoxy) is 3. The maximum absolute atomic E-state index is 12.7. The summed E-state index contributed by atoms with van der Waals surface area (Å²) in [6, 6.07) is 6.51. The van der Waals surface area contributed by atoms with E-state index in [0.717, 1.165) is 11.0 Å². The minimum Gasteiger partial charge on any atom is -0.493 e. The molecule has 1 aromatic carbocycles. The van der Waals surface area contributed by atoms with Crippen molar-refractivity contribution < 1.29 is 19.0 Å². The number of fused-ring (bicyclic) bond motifs is 1. The number of carbonyl (C=O) groups is 1. The molecular weight excluding hydrogens is 544 g/mol. The SMILES string of the molecule is C=C(/C=C(/Cl)C(CC)=NC(=O)N=C(/C=c1/ccc(N(C)C)nc1=C)CC)Oc1ncnc2cc(OC)c(OC)cc12. The molecule has 11 heteroatoms. The third-order valence-electron chi connectivity index (χ3n) is 5.84. The van der Waals surface area contributed by atoms with E-state index in [4.69, 9.17) is 25.8 Å². The van der Waals surface area contributed by atoms with Gasteiger partial charge in [-0.15, -0.1) is 0 Å². The van der Waals surface area contributed by atoms with Gasteiger partial charge in [0.1, 0.15) is 17.9 Å². The van der Waals surface area contributed by atoms with E-state index in [1.807, 2.05) is 45.0 Å². The number of hydrogen-bond donors (Lipinski definition) is 0. The van der Waals surface area contributed by atoms with Gasteiger partial charge in [0.25, 0.3) is 0 Å². The van der Waals surface area contributed by atoms with E-state index < -0.39 is 6.03 Å². The van der Waals surface area contributed by atoms with Crippen molar-refractivity contribution in [3.05, 3.63) is 64.6 Å². The highest BCUT2D eigenvalue weighted by Gasteiger charge is 2.13. The van der Waals surface area contributed by atoms with Crippen LogP contribution in [0, 0.1) is 0 Å². The molecule has 2 aromatic heterocycles. The van der Waals surface area contributed by atoms with Crippen LogP contribution in [0.2, 0.25) is 0 Å². The predicted molar refractivity (Wildman–Crippen MR) is 165 cm³/mol. The number of hydrogen-bond acceptors (Lipinski definition) is 8. The Morgan fingerprint density at radius 1 is 1.07 bits per heavy atom. The molecule has 0 unspecified atom stereocenters. The van der Waals surface area contributed by atoms with E-state index in [0.29, 0.717) is 52.0 Å². The van der Waals surface area contributed by atoms with Crippen LogP contribution >= 0.6 is 11.6 Å². The number of anilines is 1. The van der Waals surface area contributed by atoms with Crippen LogP contribution in [0.15, 0.2) is 64.0 Å². The Labute approximate surface area is 244 Å². The molecule has 2 heterocycles. The number of carbonyl (C=O) groups excluding carboxylic acids is 1. The molecule has 0 N–H and O–H groups in total. The van der Waals surface area contributed by atoms with Gasteiger partial charge >= 0.3 is 6.03 Å². The van der Waals surface area contributed by atoms with Crippen molar-refractivity contribution in [1.29, 1.82) is 0 Å². The minimum absolute atomic E-state index is 0.182. The van der Waals surface area contributed by atoms with Crippen molar-refractivity contribution in [1.82, 2.24) is 15.0 Å². The third-order valence-corrected chi connectivity index (χ3v) is 6.16. The van der Waals surface area contributed by atoms with Gasteiger partial charge in [0.15, 0.2) is 11.5 Å². The lowest BCUT2D eigenvalue weighted by atomic mass is 10.2. The number of urea groups is 1. The number of nitrogens with zero attached hydrogens (tertiary/aromatic N) is 6. The van der Waals surface area contributed by atoms with Crippen molar-refractivity contribution >= 4 is 58.4 Å². The minimum atomic E-state index is -0.681. The number of allylic oxidation sites excluding steroid dienone is 2. The molecule has 0 aliphatic rings. The topological polar surface area (TPSA) is 111 Å². The van der Waals surface area contributed by atoms with Gasteiger partial charge in [-0.05, 0) is 37.1 Å². The standard InChI is InChI=1S/C30H33ClN6O4/c1-9-21(14-20-11-12-28(37(5)6)34-19(20)4)35-30(38)36-24(10-2)23(31)13-18(3)41-29-22-15-26(39-7)27(40-8)16-25(22)32-17-33-29/h11-17H,3-4,9-10H2,1-2,5-8H3/b20-14-,23-13+,35-21?,36-24?. The first-order chi connectivity index (χ1) is 19.6. The Kier molecular flexibility index (Phi) is 10.7. The van der Waals surface area contributed by atoms with Gasteiger partial charge in [0.05, 0.1) is 41.2 Å². The first kappa shape index (κ1) is 31.0. The van der Waals surface area contributed by atoms with E-state index in [9.17, 15) is 4.79 Å². The average molecular weight is 577 g/mol. The Balaban J connectivity index is 1.84. The highest BCUT2D eigenvalue weighted by Crippen LogP contribution is 2.34. The zero-order chi connectivity index (χ0) is 30.1. The average Bonchev–Trinajstić information content (AvgIpc) is 2.95. The summed E-state index contributed by atoms with van der Waals surface area (Å²) in [6.07, 6.45) is 5.49. The summed E-state index contributed by atoms with van der Waals surface area (Å²) in [5.74, 6) is 2.24. The molecule has 214 valence electrons. The van der Waals surface area contributed by atoms with Gasteiger partial charge in [-0.25, -0.2) is 19.7 Å². The van der Waals surface area contributed by atoms with Gasteiger partial charge in [-0.2, -0.15) is 9.98 Å².